The Morgan fingerprint density at radius 2 is 1.88 bits per heavy atom. The average Bonchev–Trinajstić information content (AvgIpc) is 3.02. The minimum Gasteiger partial charge on any atom is -0.494 e. The van der Waals surface area contributed by atoms with Crippen LogP contribution in [0.25, 0.3) is 0 Å². The molecular formula is C19H21N3OS. The monoisotopic (exact) mass is 339 g/mol. The van der Waals surface area contributed by atoms with Gasteiger partial charge in [-0.1, -0.05) is 42.0 Å². The molecule has 0 radical (unpaired) electrons. The first-order valence-electron chi connectivity index (χ1n) is 8.04. The van der Waals surface area contributed by atoms with Crippen LogP contribution < -0.4 is 10.5 Å². The molecule has 0 amide bonds. The van der Waals surface area contributed by atoms with Gasteiger partial charge in [-0.3, -0.25) is 0 Å². The van der Waals surface area contributed by atoms with Crippen LogP contribution in [0, 0.1) is 6.92 Å². The first kappa shape index (κ1) is 16.5. The normalized spacial score (nSPS) is 16.8. The summed E-state index contributed by atoms with van der Waals surface area (Å²) in [5.41, 5.74) is 10.4. The highest BCUT2D eigenvalue weighted by atomic mass is 32.1. The van der Waals surface area contributed by atoms with Crippen LogP contribution in [0.2, 0.25) is 0 Å². The largest absolute Gasteiger partial charge is 0.494 e. The number of thiocarbonyl (C=S) groups is 1. The smallest absolute Gasteiger partial charge is 0.187 e. The highest BCUT2D eigenvalue weighted by molar-refractivity contribution is 7.80. The van der Waals surface area contributed by atoms with Gasteiger partial charge in [-0.15, -0.1) is 0 Å². The molecule has 0 unspecified atom stereocenters. The van der Waals surface area contributed by atoms with Crippen molar-refractivity contribution in [2.75, 3.05) is 6.61 Å². The first-order chi connectivity index (χ1) is 11.6. The summed E-state index contributed by atoms with van der Waals surface area (Å²) in [5.74, 6) is 0.862. The summed E-state index contributed by atoms with van der Waals surface area (Å²) in [6.45, 7) is 4.70. The number of nitrogens with two attached hydrogens (primary N) is 1. The summed E-state index contributed by atoms with van der Waals surface area (Å²) in [4.78, 5) is 0. The summed E-state index contributed by atoms with van der Waals surface area (Å²) in [5, 5.41) is 6.68. The van der Waals surface area contributed by atoms with Crippen LogP contribution in [0.1, 0.15) is 36.1 Å². The van der Waals surface area contributed by atoms with Crippen molar-refractivity contribution < 1.29 is 4.74 Å². The zero-order chi connectivity index (χ0) is 17.1. The molecule has 0 spiro atoms. The average molecular weight is 339 g/mol. The molecule has 24 heavy (non-hydrogen) atoms. The van der Waals surface area contributed by atoms with Crippen LogP contribution in [0.4, 0.5) is 0 Å². The van der Waals surface area contributed by atoms with E-state index >= 15 is 0 Å². The van der Waals surface area contributed by atoms with Gasteiger partial charge in [0.05, 0.1) is 18.4 Å². The number of hydrogen-bond donors (Lipinski definition) is 1. The molecule has 1 aliphatic rings. The summed E-state index contributed by atoms with van der Waals surface area (Å²) < 4.78 is 5.51. The van der Waals surface area contributed by atoms with Crippen LogP contribution in [-0.4, -0.2) is 22.4 Å². The highest BCUT2D eigenvalue weighted by Crippen LogP contribution is 2.33. The molecule has 124 valence electrons. The fourth-order valence-electron chi connectivity index (χ4n) is 2.85. The molecule has 0 fully saturated rings. The van der Waals surface area contributed by atoms with Crippen LogP contribution in [-0.2, 0) is 0 Å². The molecule has 1 aliphatic heterocycles. The van der Waals surface area contributed by atoms with Crippen molar-refractivity contribution in [3.8, 4) is 5.75 Å². The summed E-state index contributed by atoms with van der Waals surface area (Å²) in [7, 11) is 0. The van der Waals surface area contributed by atoms with E-state index in [9.17, 15) is 0 Å². The van der Waals surface area contributed by atoms with E-state index in [1.54, 1.807) is 5.01 Å². The summed E-state index contributed by atoms with van der Waals surface area (Å²) in [6, 6.07) is 16.4. The molecule has 0 saturated carbocycles. The third-order valence-electron chi connectivity index (χ3n) is 4.10. The lowest BCUT2D eigenvalue weighted by molar-refractivity contribution is 0.339. The van der Waals surface area contributed by atoms with Gasteiger partial charge in [0.2, 0.25) is 0 Å². The minimum absolute atomic E-state index is 0.0227. The number of ether oxygens (including phenoxy) is 1. The van der Waals surface area contributed by atoms with Gasteiger partial charge in [0, 0.05) is 6.42 Å². The van der Waals surface area contributed by atoms with E-state index in [2.05, 4.69) is 48.4 Å². The van der Waals surface area contributed by atoms with Gasteiger partial charge in [0.25, 0.3) is 0 Å². The molecule has 0 aliphatic carbocycles. The van der Waals surface area contributed by atoms with Crippen molar-refractivity contribution in [2.24, 2.45) is 10.8 Å². The SMILES string of the molecule is CCOc1ccc([C@H]2CC(c3ccc(C)cc3)=NN2C(N)=S)cc1. The van der Waals surface area contributed by atoms with Gasteiger partial charge in [-0.05, 0) is 49.3 Å². The van der Waals surface area contributed by atoms with Crippen molar-refractivity contribution >= 4 is 23.0 Å². The van der Waals surface area contributed by atoms with Gasteiger partial charge in [0.15, 0.2) is 5.11 Å². The second-order valence-corrected chi connectivity index (χ2v) is 6.24. The number of hydrogen-bond acceptors (Lipinski definition) is 3. The van der Waals surface area contributed by atoms with Crippen molar-refractivity contribution in [1.29, 1.82) is 0 Å². The molecule has 2 N–H and O–H groups in total. The molecule has 0 bridgehead atoms. The number of hydrazone groups is 1. The van der Waals surface area contributed by atoms with Crippen molar-refractivity contribution in [2.45, 2.75) is 26.3 Å². The zero-order valence-electron chi connectivity index (χ0n) is 13.9. The maximum Gasteiger partial charge on any atom is 0.187 e. The van der Waals surface area contributed by atoms with Crippen LogP contribution in [0.5, 0.6) is 5.75 Å². The van der Waals surface area contributed by atoms with Crippen molar-refractivity contribution in [3.05, 3.63) is 65.2 Å². The van der Waals surface area contributed by atoms with E-state index in [1.807, 2.05) is 19.1 Å². The molecule has 3 rings (SSSR count). The predicted molar refractivity (Wildman–Crippen MR) is 101 cm³/mol. The maximum atomic E-state index is 5.89. The highest BCUT2D eigenvalue weighted by Gasteiger charge is 2.30. The van der Waals surface area contributed by atoms with Crippen molar-refractivity contribution in [3.63, 3.8) is 0 Å². The lowest BCUT2D eigenvalue weighted by atomic mass is 9.98. The Balaban J connectivity index is 1.86. The number of aryl methyl sites for hydroxylation is 1. The van der Waals surface area contributed by atoms with Gasteiger partial charge < -0.3 is 10.5 Å². The van der Waals surface area contributed by atoms with E-state index < -0.39 is 0 Å². The predicted octanol–water partition coefficient (Wildman–Crippen LogP) is 3.79. The van der Waals surface area contributed by atoms with Crippen molar-refractivity contribution in [1.82, 2.24) is 5.01 Å². The van der Waals surface area contributed by atoms with Gasteiger partial charge in [-0.2, -0.15) is 5.10 Å². The van der Waals surface area contributed by atoms with Gasteiger partial charge in [-0.25, -0.2) is 5.01 Å². The Hall–Kier alpha value is -2.40. The molecule has 0 saturated heterocycles. The minimum atomic E-state index is 0.0227. The third kappa shape index (κ3) is 3.41. The molecule has 2 aromatic carbocycles. The Kier molecular flexibility index (Phi) is 4.81. The molecular weight excluding hydrogens is 318 g/mol. The van der Waals surface area contributed by atoms with E-state index in [0.29, 0.717) is 6.61 Å². The van der Waals surface area contributed by atoms with Crippen LogP contribution in [0.3, 0.4) is 0 Å². The van der Waals surface area contributed by atoms with E-state index in [0.717, 1.165) is 29.0 Å². The number of rotatable bonds is 4. The molecule has 5 heteroatoms. The topological polar surface area (TPSA) is 50.8 Å². The lowest BCUT2D eigenvalue weighted by Crippen LogP contribution is -2.31. The molecule has 4 nitrogen and oxygen atoms in total. The van der Waals surface area contributed by atoms with Crippen LogP contribution in [0.15, 0.2) is 53.6 Å². The summed E-state index contributed by atoms with van der Waals surface area (Å²) >= 11 is 5.20. The van der Waals surface area contributed by atoms with Gasteiger partial charge in [0.1, 0.15) is 5.75 Å². The number of benzene rings is 2. The third-order valence-corrected chi connectivity index (χ3v) is 4.28. The summed E-state index contributed by atoms with van der Waals surface area (Å²) in [6.07, 6.45) is 0.772. The zero-order valence-corrected chi connectivity index (χ0v) is 14.7. The Labute approximate surface area is 147 Å². The van der Waals surface area contributed by atoms with Crippen LogP contribution >= 0.6 is 12.2 Å². The fraction of sp³-hybridized carbons (Fsp3) is 0.263. The van der Waals surface area contributed by atoms with E-state index in [4.69, 9.17) is 22.7 Å². The Bertz CT molecular complexity index is 753. The van der Waals surface area contributed by atoms with Gasteiger partial charge >= 0.3 is 0 Å². The standard InChI is InChI=1S/C19H21N3OS/c1-3-23-16-10-8-15(9-11-16)18-12-17(21-22(18)19(20)24)14-6-4-13(2)5-7-14/h4-11,18H,3,12H2,1-2H3,(H2,20,24)/t18-/m1/s1. The molecule has 2 aromatic rings. The second-order valence-electron chi connectivity index (χ2n) is 5.82. The lowest BCUT2D eigenvalue weighted by Gasteiger charge is -2.22. The Morgan fingerprint density at radius 1 is 1.21 bits per heavy atom. The van der Waals surface area contributed by atoms with E-state index in [-0.39, 0.29) is 11.2 Å². The second kappa shape index (κ2) is 7.01. The number of nitrogens with zero attached hydrogens (tertiary/aromatic N) is 2. The molecule has 1 atom stereocenters. The van der Waals surface area contributed by atoms with E-state index in [1.165, 1.54) is 5.56 Å². The maximum absolute atomic E-state index is 5.89. The fourth-order valence-corrected chi connectivity index (χ4v) is 3.01. The first-order valence-corrected chi connectivity index (χ1v) is 8.45. The quantitative estimate of drug-likeness (QED) is 0.861. The Morgan fingerprint density at radius 3 is 2.46 bits per heavy atom. The molecule has 0 aromatic heterocycles. The molecule has 1 heterocycles.